The van der Waals surface area contributed by atoms with Crippen LogP contribution in [0.5, 0.6) is 5.75 Å². The quantitative estimate of drug-likeness (QED) is 0.356. The molecule has 32 heavy (non-hydrogen) atoms. The first-order valence-corrected chi connectivity index (χ1v) is 9.44. The molecule has 0 saturated heterocycles. The molecule has 8 nitrogen and oxygen atoms in total. The molecule has 0 saturated carbocycles. The van der Waals surface area contributed by atoms with Crippen molar-refractivity contribution in [2.75, 3.05) is 17.3 Å². The number of halogens is 1. The van der Waals surface area contributed by atoms with Crippen LogP contribution in [-0.4, -0.2) is 23.8 Å². The van der Waals surface area contributed by atoms with Gasteiger partial charge in [-0.15, -0.1) is 0 Å². The van der Waals surface area contributed by atoms with Gasteiger partial charge in [0.2, 0.25) is 0 Å². The number of anilines is 2. The van der Waals surface area contributed by atoms with Crippen LogP contribution in [0, 0.1) is 15.9 Å². The predicted octanol–water partition coefficient (Wildman–Crippen LogP) is 4.14. The zero-order chi connectivity index (χ0) is 22.8. The molecule has 0 aliphatic carbocycles. The fraction of sp³-hybridized carbons (Fsp3) is 0.0435. The van der Waals surface area contributed by atoms with E-state index in [1.807, 2.05) is 0 Å². The van der Waals surface area contributed by atoms with Crippen LogP contribution in [0.25, 0.3) is 5.57 Å². The second-order valence-electron chi connectivity index (χ2n) is 6.80. The lowest BCUT2D eigenvalue weighted by Crippen LogP contribution is -2.33. The van der Waals surface area contributed by atoms with E-state index in [0.717, 1.165) is 11.0 Å². The number of carbonyl (C=O) groups is 2. The lowest BCUT2D eigenvalue weighted by atomic mass is 10.0. The van der Waals surface area contributed by atoms with Crippen LogP contribution < -0.4 is 15.0 Å². The number of nitrogens with one attached hydrogen (secondary N) is 1. The largest absolute Gasteiger partial charge is 0.497 e. The average molecular weight is 433 g/mol. The van der Waals surface area contributed by atoms with Crippen molar-refractivity contribution in [2.24, 2.45) is 0 Å². The van der Waals surface area contributed by atoms with Crippen molar-refractivity contribution in [2.45, 2.75) is 0 Å². The predicted molar refractivity (Wildman–Crippen MR) is 116 cm³/mol. The number of hydrogen-bond donors (Lipinski definition) is 1. The van der Waals surface area contributed by atoms with E-state index in [1.165, 1.54) is 49.6 Å². The van der Waals surface area contributed by atoms with Gasteiger partial charge in [-0.3, -0.25) is 19.7 Å². The van der Waals surface area contributed by atoms with Crippen LogP contribution in [0.1, 0.15) is 5.56 Å². The van der Waals surface area contributed by atoms with E-state index in [1.54, 1.807) is 24.3 Å². The molecule has 2 amide bonds. The second-order valence-corrected chi connectivity index (χ2v) is 6.80. The van der Waals surface area contributed by atoms with Crippen LogP contribution in [0.4, 0.5) is 21.5 Å². The molecule has 0 aromatic heterocycles. The fourth-order valence-corrected chi connectivity index (χ4v) is 3.33. The Kier molecular flexibility index (Phi) is 5.38. The molecule has 160 valence electrons. The maximum absolute atomic E-state index is 14.4. The van der Waals surface area contributed by atoms with Crippen LogP contribution in [0.3, 0.4) is 0 Å². The average Bonchev–Trinajstić information content (AvgIpc) is 3.04. The van der Waals surface area contributed by atoms with Crippen molar-refractivity contribution in [1.29, 1.82) is 0 Å². The van der Waals surface area contributed by atoms with Crippen molar-refractivity contribution in [3.63, 3.8) is 0 Å². The number of non-ortho nitro benzene ring substituents is 1. The first-order chi connectivity index (χ1) is 15.4. The summed E-state index contributed by atoms with van der Waals surface area (Å²) in [5, 5.41) is 13.9. The molecular formula is C23H16FN3O5. The Labute approximate surface area is 181 Å². The van der Waals surface area contributed by atoms with Gasteiger partial charge in [-0.25, -0.2) is 9.29 Å². The van der Waals surface area contributed by atoms with Gasteiger partial charge in [-0.1, -0.05) is 12.1 Å². The number of nitro groups is 1. The summed E-state index contributed by atoms with van der Waals surface area (Å²) in [6.07, 6.45) is 0. The lowest BCUT2D eigenvalue weighted by molar-refractivity contribution is -0.384. The highest BCUT2D eigenvalue weighted by Crippen LogP contribution is 2.35. The normalized spacial score (nSPS) is 13.5. The van der Waals surface area contributed by atoms with Gasteiger partial charge in [-0.05, 0) is 54.1 Å². The Bertz CT molecular complexity index is 1250. The summed E-state index contributed by atoms with van der Waals surface area (Å²) in [6.45, 7) is 0. The third-order valence-electron chi connectivity index (χ3n) is 4.90. The summed E-state index contributed by atoms with van der Waals surface area (Å²) in [7, 11) is 1.52. The lowest BCUT2D eigenvalue weighted by Gasteiger charge is -2.16. The summed E-state index contributed by atoms with van der Waals surface area (Å²) in [6, 6.07) is 17.3. The SMILES string of the molecule is COc1ccc(NC2=C(c3ccc([N+](=O)[O-])cc3)C(=O)N(c3ccccc3F)C2=O)cc1. The van der Waals surface area contributed by atoms with Crippen LogP contribution in [0.2, 0.25) is 0 Å². The topological polar surface area (TPSA) is 102 Å². The smallest absolute Gasteiger partial charge is 0.282 e. The van der Waals surface area contributed by atoms with E-state index in [9.17, 15) is 24.1 Å². The number of imide groups is 1. The Morgan fingerprint density at radius 3 is 2.19 bits per heavy atom. The zero-order valence-corrected chi connectivity index (χ0v) is 16.7. The molecule has 4 rings (SSSR count). The number of amides is 2. The molecule has 0 fully saturated rings. The molecule has 0 radical (unpaired) electrons. The molecule has 3 aromatic carbocycles. The monoisotopic (exact) mass is 433 g/mol. The van der Waals surface area contributed by atoms with Crippen molar-refractivity contribution in [3.05, 3.63) is 100.0 Å². The minimum atomic E-state index is -0.746. The van der Waals surface area contributed by atoms with Gasteiger partial charge >= 0.3 is 0 Å². The molecule has 3 aromatic rings. The molecule has 1 aliphatic rings. The van der Waals surface area contributed by atoms with E-state index in [0.29, 0.717) is 11.4 Å². The molecule has 0 bridgehead atoms. The zero-order valence-electron chi connectivity index (χ0n) is 16.7. The highest BCUT2D eigenvalue weighted by molar-refractivity contribution is 6.46. The van der Waals surface area contributed by atoms with Crippen molar-refractivity contribution in [1.82, 2.24) is 0 Å². The number of benzene rings is 3. The third-order valence-corrected chi connectivity index (χ3v) is 4.90. The van der Waals surface area contributed by atoms with Crippen molar-refractivity contribution in [3.8, 4) is 5.75 Å². The summed E-state index contributed by atoms with van der Waals surface area (Å²) in [5.74, 6) is -1.63. The summed E-state index contributed by atoms with van der Waals surface area (Å²) < 4.78 is 19.5. The molecule has 9 heteroatoms. The number of methoxy groups -OCH3 is 1. The van der Waals surface area contributed by atoms with Crippen LogP contribution in [-0.2, 0) is 9.59 Å². The summed E-state index contributed by atoms with van der Waals surface area (Å²) in [5.41, 5.74) is 0.331. The molecule has 0 spiro atoms. The van der Waals surface area contributed by atoms with Gasteiger partial charge in [0.1, 0.15) is 17.3 Å². The number of rotatable bonds is 6. The molecule has 0 atom stereocenters. The maximum Gasteiger partial charge on any atom is 0.282 e. The van der Waals surface area contributed by atoms with E-state index in [2.05, 4.69) is 5.32 Å². The van der Waals surface area contributed by atoms with Crippen molar-refractivity contribution < 1.29 is 23.6 Å². The highest BCUT2D eigenvalue weighted by atomic mass is 19.1. The minimum Gasteiger partial charge on any atom is -0.497 e. The minimum absolute atomic E-state index is 0.0241. The molecule has 0 unspecified atom stereocenters. The number of carbonyl (C=O) groups excluding carboxylic acids is 2. The Morgan fingerprint density at radius 1 is 0.938 bits per heavy atom. The Morgan fingerprint density at radius 2 is 1.59 bits per heavy atom. The van der Waals surface area contributed by atoms with Gasteiger partial charge in [-0.2, -0.15) is 0 Å². The van der Waals surface area contributed by atoms with Gasteiger partial charge in [0.05, 0.1) is 23.3 Å². The highest BCUT2D eigenvalue weighted by Gasteiger charge is 2.41. The number of hydrogen-bond acceptors (Lipinski definition) is 6. The maximum atomic E-state index is 14.4. The van der Waals surface area contributed by atoms with E-state index in [4.69, 9.17) is 4.74 Å². The standard InChI is InChI=1S/C23H16FN3O5/c1-32-17-12-8-15(9-13-17)25-21-20(14-6-10-16(11-7-14)27(30)31)22(28)26(23(21)29)19-5-3-2-4-18(19)24/h2-13,25H,1H3. The number of nitrogens with zero attached hydrogens (tertiary/aromatic N) is 2. The second kappa shape index (κ2) is 8.31. The third kappa shape index (κ3) is 3.67. The Hall–Kier alpha value is -4.53. The molecule has 1 N–H and O–H groups in total. The fourth-order valence-electron chi connectivity index (χ4n) is 3.33. The first kappa shape index (κ1) is 20.7. The van der Waals surface area contributed by atoms with Gasteiger partial charge in [0.25, 0.3) is 17.5 Å². The van der Waals surface area contributed by atoms with E-state index in [-0.39, 0.29) is 28.2 Å². The molecular weight excluding hydrogens is 417 g/mol. The summed E-state index contributed by atoms with van der Waals surface area (Å²) >= 11 is 0. The van der Waals surface area contributed by atoms with Crippen LogP contribution >= 0.6 is 0 Å². The van der Waals surface area contributed by atoms with Gasteiger partial charge in [0, 0.05) is 17.8 Å². The Balaban J connectivity index is 1.81. The molecule has 1 heterocycles. The van der Waals surface area contributed by atoms with E-state index < -0.39 is 22.6 Å². The molecule has 1 aliphatic heterocycles. The van der Waals surface area contributed by atoms with Gasteiger partial charge in [0.15, 0.2) is 0 Å². The van der Waals surface area contributed by atoms with E-state index >= 15 is 0 Å². The summed E-state index contributed by atoms with van der Waals surface area (Å²) in [4.78, 5) is 37.7. The number of ether oxygens (including phenoxy) is 1. The van der Waals surface area contributed by atoms with Crippen LogP contribution in [0.15, 0.2) is 78.5 Å². The number of nitro benzene ring substituents is 1. The van der Waals surface area contributed by atoms with Crippen molar-refractivity contribution >= 4 is 34.4 Å². The number of para-hydroxylation sites is 1. The first-order valence-electron chi connectivity index (χ1n) is 9.44. The van der Waals surface area contributed by atoms with Gasteiger partial charge < -0.3 is 10.1 Å².